The largest absolute Gasteiger partial charge is 0.489 e. The maximum absolute atomic E-state index is 12.0. The summed E-state index contributed by atoms with van der Waals surface area (Å²) in [5.41, 5.74) is 4.09. The summed E-state index contributed by atoms with van der Waals surface area (Å²) in [6.07, 6.45) is 5.25. The second-order valence-corrected chi connectivity index (χ2v) is 6.89. The lowest BCUT2D eigenvalue weighted by Gasteiger charge is -2.12. The van der Waals surface area contributed by atoms with Crippen LogP contribution in [0.1, 0.15) is 28.7 Å². The maximum atomic E-state index is 12.0. The molecule has 6 heteroatoms. The quantitative estimate of drug-likeness (QED) is 0.273. The number of rotatable bonds is 6. The molecular formula is C22H19NO5. The van der Waals surface area contributed by atoms with Crippen molar-refractivity contribution < 1.29 is 14.1 Å². The van der Waals surface area contributed by atoms with Crippen LogP contribution >= 0.6 is 0 Å². The monoisotopic (exact) mass is 377 g/mol. The topological polar surface area (TPSA) is 82.6 Å². The van der Waals surface area contributed by atoms with Gasteiger partial charge in [-0.05, 0) is 55.0 Å². The number of aryl methyl sites for hydroxylation is 2. The highest BCUT2D eigenvalue weighted by Crippen LogP contribution is 2.30. The molecule has 1 heterocycles. The van der Waals surface area contributed by atoms with Gasteiger partial charge in [0.05, 0.1) is 4.92 Å². The molecule has 142 valence electrons. The van der Waals surface area contributed by atoms with E-state index in [0.717, 1.165) is 30.2 Å². The fraction of sp³-hybridized carbons (Fsp3) is 0.227. The molecule has 0 N–H and O–H groups in total. The van der Waals surface area contributed by atoms with Gasteiger partial charge in [0.1, 0.15) is 17.9 Å². The number of nitro benzene ring substituents is 1. The summed E-state index contributed by atoms with van der Waals surface area (Å²) >= 11 is 0. The van der Waals surface area contributed by atoms with E-state index >= 15 is 0 Å². The first-order valence-electron chi connectivity index (χ1n) is 9.14. The third kappa shape index (κ3) is 3.41. The highest BCUT2D eigenvalue weighted by atomic mass is 16.6. The van der Waals surface area contributed by atoms with Crippen LogP contribution in [0.5, 0.6) is 5.75 Å². The summed E-state index contributed by atoms with van der Waals surface area (Å²) in [5, 5.41) is 11.9. The Morgan fingerprint density at radius 2 is 1.93 bits per heavy atom. The zero-order valence-electron chi connectivity index (χ0n) is 15.3. The molecule has 0 radical (unpaired) electrons. The van der Waals surface area contributed by atoms with Crippen LogP contribution in [0.4, 0.5) is 5.69 Å². The molecule has 0 spiro atoms. The molecule has 1 aliphatic carbocycles. The van der Waals surface area contributed by atoms with E-state index in [1.54, 1.807) is 12.1 Å². The lowest BCUT2D eigenvalue weighted by molar-refractivity contribution is -0.384. The number of nitro groups is 1. The Kier molecular flexibility index (Phi) is 4.69. The van der Waals surface area contributed by atoms with E-state index in [4.69, 9.17) is 9.15 Å². The van der Waals surface area contributed by atoms with Gasteiger partial charge in [-0.1, -0.05) is 6.08 Å². The average Bonchev–Trinajstić information content (AvgIpc) is 3.12. The summed E-state index contributed by atoms with van der Waals surface area (Å²) < 4.78 is 11.3. The second-order valence-electron chi connectivity index (χ2n) is 6.89. The van der Waals surface area contributed by atoms with E-state index in [1.807, 2.05) is 6.07 Å². The Morgan fingerprint density at radius 1 is 1.14 bits per heavy atom. The van der Waals surface area contributed by atoms with Gasteiger partial charge < -0.3 is 9.15 Å². The van der Waals surface area contributed by atoms with Crippen molar-refractivity contribution in [2.45, 2.75) is 32.3 Å². The zero-order valence-corrected chi connectivity index (χ0v) is 15.3. The molecule has 0 saturated carbocycles. The number of nitrogens with zero attached hydrogens (tertiary/aromatic N) is 1. The Labute approximate surface area is 161 Å². The van der Waals surface area contributed by atoms with Gasteiger partial charge in [0, 0.05) is 34.7 Å². The van der Waals surface area contributed by atoms with Crippen molar-refractivity contribution in [3.05, 3.63) is 91.8 Å². The molecule has 4 rings (SSSR count). The molecule has 0 atom stereocenters. The molecule has 0 fully saturated rings. The summed E-state index contributed by atoms with van der Waals surface area (Å²) in [5.74, 6) is 0.535. The van der Waals surface area contributed by atoms with Crippen LogP contribution in [0.25, 0.3) is 11.0 Å². The van der Waals surface area contributed by atoms with Crippen LogP contribution in [-0.2, 0) is 25.9 Å². The Hall–Kier alpha value is -3.41. The van der Waals surface area contributed by atoms with Crippen LogP contribution in [-0.4, -0.2) is 4.92 Å². The maximum Gasteiger partial charge on any atom is 0.336 e. The van der Waals surface area contributed by atoms with Gasteiger partial charge in [0.25, 0.3) is 5.69 Å². The number of fused-ring (bicyclic) bond motifs is 2. The number of benzene rings is 2. The average molecular weight is 377 g/mol. The van der Waals surface area contributed by atoms with Crippen molar-refractivity contribution in [1.82, 2.24) is 0 Å². The van der Waals surface area contributed by atoms with Crippen molar-refractivity contribution in [1.29, 1.82) is 0 Å². The van der Waals surface area contributed by atoms with Gasteiger partial charge in [0.15, 0.2) is 0 Å². The molecule has 6 nitrogen and oxygen atoms in total. The smallest absolute Gasteiger partial charge is 0.336 e. The molecule has 1 aliphatic rings. The third-order valence-corrected chi connectivity index (χ3v) is 5.04. The van der Waals surface area contributed by atoms with E-state index in [9.17, 15) is 14.9 Å². The molecule has 3 aromatic rings. The van der Waals surface area contributed by atoms with E-state index in [0.29, 0.717) is 23.3 Å². The first-order valence-corrected chi connectivity index (χ1v) is 9.14. The molecule has 1 aromatic heterocycles. The van der Waals surface area contributed by atoms with Gasteiger partial charge in [-0.2, -0.15) is 0 Å². The van der Waals surface area contributed by atoms with Crippen molar-refractivity contribution in [3.63, 3.8) is 0 Å². The molecule has 2 aromatic carbocycles. The lowest BCUT2D eigenvalue weighted by atomic mass is 10.0. The highest BCUT2D eigenvalue weighted by molar-refractivity contribution is 5.82. The minimum absolute atomic E-state index is 0.00516. The second kappa shape index (κ2) is 7.31. The van der Waals surface area contributed by atoms with Crippen LogP contribution in [0.3, 0.4) is 0 Å². The summed E-state index contributed by atoms with van der Waals surface area (Å²) in [6.45, 7) is 3.87. The van der Waals surface area contributed by atoms with Gasteiger partial charge in [-0.25, -0.2) is 4.79 Å². The molecule has 0 unspecified atom stereocenters. The van der Waals surface area contributed by atoms with Gasteiger partial charge >= 0.3 is 5.63 Å². The zero-order chi connectivity index (χ0) is 19.7. The number of non-ortho nitro benzene ring substituents is 1. The Bertz CT molecular complexity index is 1150. The SMILES string of the molecule is C=CCc1cc([N+](=O)[O-])ccc1OCc1cc(=O)oc2cc3c(cc12)CCC3. The third-order valence-electron chi connectivity index (χ3n) is 5.04. The van der Waals surface area contributed by atoms with Crippen molar-refractivity contribution >= 4 is 16.7 Å². The predicted octanol–water partition coefficient (Wildman–Crippen LogP) is 4.50. The number of hydrogen-bond acceptors (Lipinski definition) is 5. The van der Waals surface area contributed by atoms with Crippen LogP contribution in [0.2, 0.25) is 0 Å². The lowest BCUT2D eigenvalue weighted by Crippen LogP contribution is -2.05. The van der Waals surface area contributed by atoms with E-state index in [-0.39, 0.29) is 12.3 Å². The fourth-order valence-electron chi connectivity index (χ4n) is 3.70. The summed E-state index contributed by atoms with van der Waals surface area (Å²) in [4.78, 5) is 22.6. The molecule has 0 saturated heterocycles. The molecule has 28 heavy (non-hydrogen) atoms. The normalized spacial score (nSPS) is 12.7. The Morgan fingerprint density at radius 3 is 2.68 bits per heavy atom. The number of ether oxygens (including phenoxy) is 1. The van der Waals surface area contributed by atoms with Crippen molar-refractivity contribution in [2.75, 3.05) is 0 Å². The number of allylic oxidation sites excluding steroid dienone is 1. The first kappa shape index (κ1) is 18.0. The minimum atomic E-state index is -0.438. The van der Waals surface area contributed by atoms with E-state index in [2.05, 4.69) is 12.6 Å². The number of hydrogen-bond donors (Lipinski definition) is 0. The summed E-state index contributed by atoms with van der Waals surface area (Å²) in [6, 6.07) is 9.97. The van der Waals surface area contributed by atoms with Gasteiger partial charge in [-0.3, -0.25) is 10.1 Å². The molecule has 0 aliphatic heterocycles. The highest BCUT2D eigenvalue weighted by Gasteiger charge is 2.16. The van der Waals surface area contributed by atoms with Crippen LogP contribution in [0.15, 0.2) is 58.3 Å². The van der Waals surface area contributed by atoms with Crippen LogP contribution < -0.4 is 10.4 Å². The summed E-state index contributed by atoms with van der Waals surface area (Å²) in [7, 11) is 0. The van der Waals surface area contributed by atoms with Crippen molar-refractivity contribution in [3.8, 4) is 5.75 Å². The van der Waals surface area contributed by atoms with E-state index in [1.165, 1.54) is 29.3 Å². The fourth-order valence-corrected chi connectivity index (χ4v) is 3.70. The standard InChI is InChI=1S/C22H19NO5/c1-2-4-16-9-18(23(25)26)7-8-20(16)27-13-17-12-22(24)28-21-11-15-6-3-5-14(15)10-19(17)21/h2,7-12H,1,3-6,13H2. The molecular weight excluding hydrogens is 358 g/mol. The molecule has 0 amide bonds. The van der Waals surface area contributed by atoms with Crippen LogP contribution in [0, 0.1) is 10.1 Å². The predicted molar refractivity (Wildman–Crippen MR) is 106 cm³/mol. The first-order chi connectivity index (χ1) is 13.5. The van der Waals surface area contributed by atoms with Crippen molar-refractivity contribution in [2.24, 2.45) is 0 Å². The van der Waals surface area contributed by atoms with Gasteiger partial charge in [-0.15, -0.1) is 6.58 Å². The Balaban J connectivity index is 1.68. The minimum Gasteiger partial charge on any atom is -0.489 e. The van der Waals surface area contributed by atoms with Gasteiger partial charge in [0.2, 0.25) is 0 Å². The van der Waals surface area contributed by atoms with E-state index < -0.39 is 10.5 Å². The molecule has 0 bridgehead atoms.